The quantitative estimate of drug-likeness (QED) is 0.843. The molecule has 0 unspecified atom stereocenters. The molecular formula is C9H11N5S2. The van der Waals surface area contributed by atoms with Gasteiger partial charge in [-0.25, -0.2) is 15.0 Å². The maximum absolute atomic E-state index is 4.35. The molecule has 0 aliphatic rings. The Bertz CT molecular complexity index is 470. The average Bonchev–Trinajstić information content (AvgIpc) is 2.65. The van der Waals surface area contributed by atoms with E-state index in [9.17, 15) is 0 Å². The van der Waals surface area contributed by atoms with Crippen LogP contribution in [0.25, 0.3) is 0 Å². The van der Waals surface area contributed by atoms with Crippen LogP contribution in [0.15, 0.2) is 21.6 Å². The van der Waals surface area contributed by atoms with E-state index in [1.807, 2.05) is 19.9 Å². The lowest BCUT2D eigenvalue weighted by molar-refractivity contribution is 1.01. The third kappa shape index (κ3) is 2.89. The van der Waals surface area contributed by atoms with Gasteiger partial charge in [0.15, 0.2) is 4.34 Å². The summed E-state index contributed by atoms with van der Waals surface area (Å²) in [5, 5.41) is 3.95. The van der Waals surface area contributed by atoms with Crippen molar-refractivity contribution in [3.8, 4) is 0 Å². The van der Waals surface area contributed by atoms with Crippen molar-refractivity contribution in [3.63, 3.8) is 0 Å². The normalized spacial score (nSPS) is 10.4. The van der Waals surface area contributed by atoms with Gasteiger partial charge in [0.1, 0.15) is 10.9 Å². The van der Waals surface area contributed by atoms with Gasteiger partial charge in [-0.15, -0.1) is 0 Å². The first-order chi connectivity index (χ1) is 7.78. The largest absolute Gasteiger partial charge is 0.354 e. The highest BCUT2D eigenvalue weighted by Gasteiger charge is 2.05. The molecule has 2 aromatic rings. The van der Waals surface area contributed by atoms with Crippen LogP contribution in [0.1, 0.15) is 12.7 Å². The van der Waals surface area contributed by atoms with Gasteiger partial charge in [-0.2, -0.15) is 4.37 Å². The van der Waals surface area contributed by atoms with Crippen molar-refractivity contribution < 1.29 is 0 Å². The standard InChI is InChI=1S/C9H11N5S2/c1-3-10-8-11-5-4-7(13-8)15-9-12-6(2)14-16-9/h4-5H,3H2,1-2H3,(H,10,11,13). The monoisotopic (exact) mass is 253 g/mol. The fraction of sp³-hybridized carbons (Fsp3) is 0.333. The summed E-state index contributed by atoms with van der Waals surface area (Å²) in [6.45, 7) is 4.70. The molecule has 2 rings (SSSR count). The molecule has 0 bridgehead atoms. The van der Waals surface area contributed by atoms with Crippen molar-refractivity contribution in [1.29, 1.82) is 0 Å². The topological polar surface area (TPSA) is 63.6 Å². The second-order valence-corrected chi connectivity index (χ2v) is 4.98. The van der Waals surface area contributed by atoms with E-state index in [1.165, 1.54) is 23.3 Å². The maximum Gasteiger partial charge on any atom is 0.223 e. The highest BCUT2D eigenvalue weighted by molar-refractivity contribution is 8.00. The first kappa shape index (κ1) is 11.3. The van der Waals surface area contributed by atoms with Gasteiger partial charge in [0.05, 0.1) is 0 Å². The van der Waals surface area contributed by atoms with Gasteiger partial charge < -0.3 is 5.32 Å². The minimum absolute atomic E-state index is 0.647. The summed E-state index contributed by atoms with van der Waals surface area (Å²) in [5.41, 5.74) is 0. The summed E-state index contributed by atoms with van der Waals surface area (Å²) in [6.07, 6.45) is 1.74. The molecule has 0 saturated carbocycles. The predicted octanol–water partition coefficient (Wildman–Crippen LogP) is 2.22. The summed E-state index contributed by atoms with van der Waals surface area (Å²) >= 11 is 2.89. The third-order valence-electron chi connectivity index (χ3n) is 1.67. The van der Waals surface area contributed by atoms with Crippen LogP contribution in [0.3, 0.4) is 0 Å². The fourth-order valence-corrected chi connectivity index (χ4v) is 2.61. The molecular weight excluding hydrogens is 242 g/mol. The first-order valence-electron chi connectivity index (χ1n) is 4.83. The zero-order chi connectivity index (χ0) is 11.4. The van der Waals surface area contributed by atoms with Gasteiger partial charge >= 0.3 is 0 Å². The molecule has 7 heteroatoms. The van der Waals surface area contributed by atoms with Crippen molar-refractivity contribution >= 4 is 29.2 Å². The summed E-state index contributed by atoms with van der Waals surface area (Å²) in [6, 6.07) is 1.86. The lowest BCUT2D eigenvalue weighted by Gasteiger charge is -2.01. The van der Waals surface area contributed by atoms with Gasteiger partial charge in [-0.05, 0) is 43.2 Å². The van der Waals surface area contributed by atoms with Crippen LogP contribution in [-0.2, 0) is 0 Å². The lowest BCUT2D eigenvalue weighted by atomic mass is 10.6. The van der Waals surface area contributed by atoms with E-state index in [2.05, 4.69) is 24.6 Å². The molecule has 0 aliphatic carbocycles. The minimum Gasteiger partial charge on any atom is -0.354 e. The van der Waals surface area contributed by atoms with E-state index in [1.54, 1.807) is 6.20 Å². The lowest BCUT2D eigenvalue weighted by Crippen LogP contribution is -2.01. The molecule has 2 heterocycles. The van der Waals surface area contributed by atoms with Crippen molar-refractivity contribution in [2.75, 3.05) is 11.9 Å². The maximum atomic E-state index is 4.35. The number of nitrogens with zero attached hydrogens (tertiary/aromatic N) is 4. The molecule has 1 N–H and O–H groups in total. The van der Waals surface area contributed by atoms with E-state index in [-0.39, 0.29) is 0 Å². The van der Waals surface area contributed by atoms with Gasteiger partial charge in [0.25, 0.3) is 0 Å². The second-order valence-electron chi connectivity index (χ2n) is 2.96. The number of aromatic nitrogens is 4. The van der Waals surface area contributed by atoms with E-state index < -0.39 is 0 Å². The highest BCUT2D eigenvalue weighted by Crippen LogP contribution is 2.27. The van der Waals surface area contributed by atoms with Crippen molar-refractivity contribution in [3.05, 3.63) is 18.1 Å². The fourth-order valence-electron chi connectivity index (χ4n) is 1.05. The Morgan fingerprint density at radius 2 is 2.31 bits per heavy atom. The number of rotatable bonds is 4. The summed E-state index contributed by atoms with van der Waals surface area (Å²) < 4.78 is 5.02. The first-order valence-corrected chi connectivity index (χ1v) is 6.42. The van der Waals surface area contributed by atoms with Crippen molar-refractivity contribution in [1.82, 2.24) is 19.3 Å². The SMILES string of the molecule is CCNc1nccc(Sc2nc(C)ns2)n1. The number of hydrogen-bond donors (Lipinski definition) is 1. The second kappa shape index (κ2) is 5.22. The summed E-state index contributed by atoms with van der Waals surface area (Å²) in [7, 11) is 0. The Labute approximate surface area is 102 Å². The molecule has 0 radical (unpaired) electrons. The van der Waals surface area contributed by atoms with Gasteiger partial charge in [0.2, 0.25) is 5.95 Å². The Kier molecular flexibility index (Phi) is 3.68. The Morgan fingerprint density at radius 1 is 1.44 bits per heavy atom. The molecule has 2 aromatic heterocycles. The van der Waals surface area contributed by atoms with Crippen LogP contribution in [0.2, 0.25) is 0 Å². The van der Waals surface area contributed by atoms with Crippen LogP contribution >= 0.6 is 23.3 Å². The predicted molar refractivity (Wildman–Crippen MR) is 65.0 cm³/mol. The summed E-state index contributed by atoms with van der Waals surface area (Å²) in [5.74, 6) is 1.45. The van der Waals surface area contributed by atoms with Crippen LogP contribution in [0.4, 0.5) is 5.95 Å². The van der Waals surface area contributed by atoms with Crippen molar-refractivity contribution in [2.24, 2.45) is 0 Å². The van der Waals surface area contributed by atoms with Gasteiger partial charge in [-0.1, -0.05) is 0 Å². The zero-order valence-electron chi connectivity index (χ0n) is 8.97. The van der Waals surface area contributed by atoms with Gasteiger partial charge in [0, 0.05) is 12.7 Å². The number of aryl methyl sites for hydroxylation is 1. The smallest absolute Gasteiger partial charge is 0.223 e. The molecule has 0 saturated heterocycles. The minimum atomic E-state index is 0.647. The van der Waals surface area contributed by atoms with Gasteiger partial charge in [-0.3, -0.25) is 0 Å². The molecule has 16 heavy (non-hydrogen) atoms. The molecule has 0 atom stereocenters. The summed E-state index contributed by atoms with van der Waals surface area (Å²) in [4.78, 5) is 12.7. The molecule has 5 nitrogen and oxygen atoms in total. The number of anilines is 1. The molecule has 0 aromatic carbocycles. The molecule has 0 amide bonds. The third-order valence-corrected chi connectivity index (χ3v) is 3.44. The number of hydrogen-bond acceptors (Lipinski definition) is 7. The molecule has 0 aliphatic heterocycles. The Hall–Kier alpha value is -1.21. The molecule has 0 spiro atoms. The highest BCUT2D eigenvalue weighted by atomic mass is 32.2. The van der Waals surface area contributed by atoms with Crippen LogP contribution in [0.5, 0.6) is 0 Å². The molecule has 84 valence electrons. The van der Waals surface area contributed by atoms with Crippen LogP contribution in [-0.4, -0.2) is 25.9 Å². The Balaban J connectivity index is 2.12. The van der Waals surface area contributed by atoms with Crippen LogP contribution in [0, 0.1) is 6.92 Å². The molecule has 0 fully saturated rings. The zero-order valence-corrected chi connectivity index (χ0v) is 10.6. The number of nitrogens with one attached hydrogen (secondary N) is 1. The Morgan fingerprint density at radius 3 is 3.00 bits per heavy atom. The van der Waals surface area contributed by atoms with E-state index in [4.69, 9.17) is 0 Å². The van der Waals surface area contributed by atoms with E-state index in [0.29, 0.717) is 5.95 Å². The van der Waals surface area contributed by atoms with Crippen LogP contribution < -0.4 is 5.32 Å². The van der Waals surface area contributed by atoms with E-state index >= 15 is 0 Å². The van der Waals surface area contributed by atoms with E-state index in [0.717, 1.165) is 21.7 Å². The van der Waals surface area contributed by atoms with Crippen molar-refractivity contribution in [2.45, 2.75) is 23.2 Å². The average molecular weight is 253 g/mol.